The van der Waals surface area contributed by atoms with E-state index < -0.39 is 12.0 Å². The van der Waals surface area contributed by atoms with Gasteiger partial charge in [0.1, 0.15) is 18.0 Å². The van der Waals surface area contributed by atoms with E-state index in [2.05, 4.69) is 25.3 Å². The molecule has 0 bridgehead atoms. The van der Waals surface area contributed by atoms with Crippen LogP contribution in [-0.2, 0) is 12.7 Å². The predicted octanol–water partition coefficient (Wildman–Crippen LogP) is 3.84. The lowest BCUT2D eigenvalue weighted by Crippen LogP contribution is -2.13. The number of alkyl halides is 3. The van der Waals surface area contributed by atoms with E-state index in [4.69, 9.17) is 0 Å². The molecule has 0 amide bonds. The molecule has 0 atom stereocenters. The predicted molar refractivity (Wildman–Crippen MR) is 93.2 cm³/mol. The van der Waals surface area contributed by atoms with Gasteiger partial charge in [0.2, 0.25) is 5.82 Å². The molecule has 0 fully saturated rings. The molecule has 0 aliphatic carbocycles. The third-order valence-electron chi connectivity index (χ3n) is 3.89. The fraction of sp³-hybridized carbons (Fsp3) is 0.111. The van der Waals surface area contributed by atoms with Crippen molar-refractivity contribution in [3.05, 3.63) is 72.7 Å². The summed E-state index contributed by atoms with van der Waals surface area (Å²) >= 11 is 0. The third-order valence-corrected chi connectivity index (χ3v) is 3.89. The molecule has 0 radical (unpaired) electrons. The van der Waals surface area contributed by atoms with E-state index in [0.717, 1.165) is 5.56 Å². The van der Waals surface area contributed by atoms with Crippen molar-refractivity contribution in [1.29, 1.82) is 0 Å². The number of fused-ring (bicyclic) bond motifs is 1. The average molecular weight is 370 g/mol. The topological polar surface area (TPSA) is 68.5 Å². The molecule has 4 aromatic rings. The van der Waals surface area contributed by atoms with Gasteiger partial charge < -0.3 is 5.32 Å². The first kappa shape index (κ1) is 17.0. The number of rotatable bonds is 4. The van der Waals surface area contributed by atoms with Crippen molar-refractivity contribution in [2.24, 2.45) is 0 Å². The maximum atomic E-state index is 13.1. The van der Waals surface area contributed by atoms with Crippen LogP contribution in [-0.4, -0.2) is 24.5 Å². The van der Waals surface area contributed by atoms with E-state index in [-0.39, 0.29) is 17.9 Å². The highest BCUT2D eigenvalue weighted by molar-refractivity contribution is 5.89. The van der Waals surface area contributed by atoms with Crippen LogP contribution in [0.25, 0.3) is 16.7 Å². The monoisotopic (exact) mass is 370 g/mol. The summed E-state index contributed by atoms with van der Waals surface area (Å²) in [6.45, 7) is 0.273. The van der Waals surface area contributed by atoms with Crippen molar-refractivity contribution >= 4 is 16.7 Å². The molecule has 0 aliphatic heterocycles. The zero-order valence-electron chi connectivity index (χ0n) is 13.9. The maximum Gasteiger partial charge on any atom is 0.451 e. The molecule has 0 spiro atoms. The minimum absolute atomic E-state index is 0.131. The second kappa shape index (κ2) is 6.67. The number of benzene rings is 1. The van der Waals surface area contributed by atoms with E-state index in [9.17, 15) is 13.2 Å². The van der Waals surface area contributed by atoms with E-state index in [0.29, 0.717) is 11.2 Å². The van der Waals surface area contributed by atoms with Crippen LogP contribution in [0.5, 0.6) is 0 Å². The first-order chi connectivity index (χ1) is 13.0. The summed E-state index contributed by atoms with van der Waals surface area (Å²) in [4.78, 5) is 15.6. The molecule has 3 aromatic heterocycles. The largest absolute Gasteiger partial charge is 0.451 e. The molecule has 1 aromatic carbocycles. The minimum atomic E-state index is -4.62. The van der Waals surface area contributed by atoms with Gasteiger partial charge in [0, 0.05) is 30.5 Å². The Morgan fingerprint density at radius 3 is 2.59 bits per heavy atom. The molecule has 1 N–H and O–H groups in total. The van der Waals surface area contributed by atoms with E-state index >= 15 is 0 Å². The summed E-state index contributed by atoms with van der Waals surface area (Å²) in [6, 6.07) is 10.2. The Morgan fingerprint density at radius 1 is 1.04 bits per heavy atom. The van der Waals surface area contributed by atoms with E-state index in [1.54, 1.807) is 53.8 Å². The molecular weight excluding hydrogens is 357 g/mol. The number of pyridine rings is 1. The number of aromatic nitrogens is 5. The number of imidazole rings is 1. The summed E-state index contributed by atoms with van der Waals surface area (Å²) in [7, 11) is 0. The fourth-order valence-corrected chi connectivity index (χ4v) is 2.59. The lowest BCUT2D eigenvalue weighted by Gasteiger charge is -2.12. The number of para-hydroxylation sites is 1. The Kier molecular flexibility index (Phi) is 4.19. The smallest absolute Gasteiger partial charge is 0.365 e. The SMILES string of the molecule is FC(F)(F)c1nc(NCc2ccc(-n3ccnc3)nc2)c2ccccc2n1. The summed E-state index contributed by atoms with van der Waals surface area (Å²) in [5.74, 6) is -0.341. The van der Waals surface area contributed by atoms with Gasteiger partial charge in [-0.2, -0.15) is 13.2 Å². The number of hydrogen-bond acceptors (Lipinski definition) is 5. The van der Waals surface area contributed by atoms with Crippen molar-refractivity contribution in [3.63, 3.8) is 0 Å². The number of hydrogen-bond donors (Lipinski definition) is 1. The van der Waals surface area contributed by atoms with E-state index in [1.165, 1.54) is 6.07 Å². The van der Waals surface area contributed by atoms with Crippen LogP contribution < -0.4 is 5.32 Å². The van der Waals surface area contributed by atoms with Gasteiger partial charge in [0.15, 0.2) is 0 Å². The van der Waals surface area contributed by atoms with Crippen LogP contribution in [0.15, 0.2) is 61.3 Å². The molecule has 9 heteroatoms. The maximum absolute atomic E-state index is 13.1. The van der Waals surface area contributed by atoms with Gasteiger partial charge in [-0.15, -0.1) is 0 Å². The first-order valence-electron chi connectivity index (χ1n) is 8.02. The molecule has 0 saturated carbocycles. The van der Waals surface area contributed by atoms with Gasteiger partial charge in [-0.1, -0.05) is 18.2 Å². The zero-order chi connectivity index (χ0) is 18.9. The quantitative estimate of drug-likeness (QED) is 0.591. The molecule has 0 saturated heterocycles. The van der Waals surface area contributed by atoms with Crippen LogP contribution in [0.1, 0.15) is 11.4 Å². The van der Waals surface area contributed by atoms with Crippen LogP contribution in [0.3, 0.4) is 0 Å². The first-order valence-corrected chi connectivity index (χ1v) is 8.02. The lowest BCUT2D eigenvalue weighted by molar-refractivity contribution is -0.144. The second-order valence-electron chi connectivity index (χ2n) is 5.76. The molecule has 4 rings (SSSR count). The Hall–Kier alpha value is -3.49. The van der Waals surface area contributed by atoms with Crippen molar-refractivity contribution in [3.8, 4) is 5.82 Å². The van der Waals surface area contributed by atoms with E-state index in [1.807, 2.05) is 6.07 Å². The Balaban J connectivity index is 1.60. The molecule has 3 heterocycles. The van der Waals surface area contributed by atoms with Gasteiger partial charge in [0.05, 0.1) is 5.52 Å². The van der Waals surface area contributed by atoms with Gasteiger partial charge in [-0.05, 0) is 23.8 Å². The van der Waals surface area contributed by atoms with Crippen molar-refractivity contribution in [2.45, 2.75) is 12.7 Å². The Labute approximate surface area is 151 Å². The lowest BCUT2D eigenvalue weighted by atomic mass is 10.2. The van der Waals surface area contributed by atoms with Gasteiger partial charge >= 0.3 is 6.18 Å². The summed E-state index contributed by atoms with van der Waals surface area (Å²) in [5.41, 5.74) is 1.03. The van der Waals surface area contributed by atoms with Gasteiger partial charge in [0.25, 0.3) is 0 Å². The Morgan fingerprint density at radius 2 is 1.89 bits per heavy atom. The van der Waals surface area contributed by atoms with Crippen LogP contribution in [0.2, 0.25) is 0 Å². The molecular formula is C18H13F3N6. The van der Waals surface area contributed by atoms with Crippen molar-refractivity contribution in [2.75, 3.05) is 5.32 Å². The Bertz CT molecular complexity index is 1060. The standard InChI is InChI=1S/C18H13F3N6/c19-18(20,21)17-25-14-4-2-1-3-13(14)16(26-17)24-10-12-5-6-15(23-9-12)27-8-7-22-11-27/h1-9,11H,10H2,(H,24,25,26). The average Bonchev–Trinajstić information content (AvgIpc) is 3.20. The van der Waals surface area contributed by atoms with Crippen LogP contribution in [0.4, 0.5) is 19.0 Å². The number of nitrogens with one attached hydrogen (secondary N) is 1. The van der Waals surface area contributed by atoms with Crippen molar-refractivity contribution in [1.82, 2.24) is 24.5 Å². The summed E-state index contributed by atoms with van der Waals surface area (Å²) in [5, 5.41) is 3.48. The zero-order valence-corrected chi connectivity index (χ0v) is 13.9. The third kappa shape index (κ3) is 3.57. The molecule has 6 nitrogen and oxygen atoms in total. The summed E-state index contributed by atoms with van der Waals surface area (Å²) in [6.07, 6.45) is 2.08. The summed E-state index contributed by atoms with van der Waals surface area (Å²) < 4.78 is 41.0. The number of halogens is 3. The highest BCUT2D eigenvalue weighted by Gasteiger charge is 2.35. The van der Waals surface area contributed by atoms with Gasteiger partial charge in [-0.3, -0.25) is 4.57 Å². The molecule has 136 valence electrons. The molecule has 0 unspecified atom stereocenters. The number of anilines is 1. The fourth-order valence-electron chi connectivity index (χ4n) is 2.59. The van der Waals surface area contributed by atoms with Crippen LogP contribution >= 0.6 is 0 Å². The highest BCUT2D eigenvalue weighted by Crippen LogP contribution is 2.30. The highest BCUT2D eigenvalue weighted by atomic mass is 19.4. The van der Waals surface area contributed by atoms with Crippen molar-refractivity contribution < 1.29 is 13.2 Å². The molecule has 0 aliphatic rings. The van der Waals surface area contributed by atoms with Gasteiger partial charge in [-0.25, -0.2) is 19.9 Å². The minimum Gasteiger partial charge on any atom is -0.365 e. The normalized spacial score (nSPS) is 11.7. The van der Waals surface area contributed by atoms with Crippen LogP contribution in [0, 0.1) is 0 Å². The number of nitrogens with zero attached hydrogens (tertiary/aromatic N) is 5. The second-order valence-corrected chi connectivity index (χ2v) is 5.76. The molecule has 27 heavy (non-hydrogen) atoms.